The lowest BCUT2D eigenvalue weighted by atomic mass is 10.1. The SMILES string of the molecule is CCCCCCC(C)(O)NC. The van der Waals surface area contributed by atoms with E-state index in [4.69, 9.17) is 0 Å². The van der Waals surface area contributed by atoms with Gasteiger partial charge in [0.25, 0.3) is 0 Å². The van der Waals surface area contributed by atoms with Crippen molar-refractivity contribution in [1.82, 2.24) is 5.32 Å². The van der Waals surface area contributed by atoms with Crippen LogP contribution in [0.25, 0.3) is 0 Å². The molecule has 0 aromatic rings. The van der Waals surface area contributed by atoms with Gasteiger partial charge in [0.2, 0.25) is 0 Å². The van der Waals surface area contributed by atoms with Crippen molar-refractivity contribution < 1.29 is 5.11 Å². The zero-order valence-electron chi connectivity index (χ0n) is 7.98. The average molecular weight is 159 g/mol. The smallest absolute Gasteiger partial charge is 0.112 e. The van der Waals surface area contributed by atoms with Crippen molar-refractivity contribution in [2.45, 2.75) is 51.7 Å². The van der Waals surface area contributed by atoms with Crippen molar-refractivity contribution in [3.8, 4) is 0 Å². The van der Waals surface area contributed by atoms with Crippen LogP contribution in [-0.4, -0.2) is 17.9 Å². The summed E-state index contributed by atoms with van der Waals surface area (Å²) in [6.45, 7) is 4.01. The summed E-state index contributed by atoms with van der Waals surface area (Å²) in [5.41, 5.74) is -0.659. The van der Waals surface area contributed by atoms with Crippen LogP contribution in [0.4, 0.5) is 0 Å². The zero-order chi connectivity index (χ0) is 8.74. The monoisotopic (exact) mass is 159 g/mol. The molecule has 0 spiro atoms. The lowest BCUT2D eigenvalue weighted by molar-refractivity contribution is 0.0210. The summed E-state index contributed by atoms with van der Waals surface area (Å²) in [5.74, 6) is 0. The third-order valence-corrected chi connectivity index (χ3v) is 2.06. The van der Waals surface area contributed by atoms with Crippen molar-refractivity contribution in [2.24, 2.45) is 0 Å². The summed E-state index contributed by atoms with van der Waals surface area (Å²) in [4.78, 5) is 0. The van der Waals surface area contributed by atoms with Crippen LogP contribution in [0.1, 0.15) is 46.0 Å². The molecule has 0 radical (unpaired) electrons. The minimum absolute atomic E-state index is 0.659. The second kappa shape index (κ2) is 5.56. The fourth-order valence-corrected chi connectivity index (χ4v) is 1.02. The lowest BCUT2D eigenvalue weighted by Gasteiger charge is -2.21. The number of hydrogen-bond acceptors (Lipinski definition) is 2. The van der Waals surface area contributed by atoms with Gasteiger partial charge >= 0.3 is 0 Å². The molecule has 2 nitrogen and oxygen atoms in total. The molecule has 1 unspecified atom stereocenters. The standard InChI is InChI=1S/C9H21NO/c1-4-5-6-7-8-9(2,11)10-3/h10-11H,4-8H2,1-3H3. The van der Waals surface area contributed by atoms with Crippen LogP contribution in [0.5, 0.6) is 0 Å². The fraction of sp³-hybridized carbons (Fsp3) is 1.00. The molecular weight excluding hydrogens is 138 g/mol. The molecule has 0 aliphatic heterocycles. The van der Waals surface area contributed by atoms with Crippen LogP contribution >= 0.6 is 0 Å². The Morgan fingerprint density at radius 2 is 1.91 bits per heavy atom. The van der Waals surface area contributed by atoms with E-state index < -0.39 is 5.72 Å². The Balaban J connectivity index is 3.23. The van der Waals surface area contributed by atoms with Gasteiger partial charge in [0, 0.05) is 0 Å². The predicted octanol–water partition coefficient (Wildman–Crippen LogP) is 1.88. The van der Waals surface area contributed by atoms with E-state index in [9.17, 15) is 5.11 Å². The van der Waals surface area contributed by atoms with Crippen LogP contribution in [0.3, 0.4) is 0 Å². The number of unbranched alkanes of at least 4 members (excludes halogenated alkanes) is 3. The summed E-state index contributed by atoms with van der Waals surface area (Å²) >= 11 is 0. The van der Waals surface area contributed by atoms with Gasteiger partial charge in [-0.05, 0) is 26.8 Å². The first-order valence-corrected chi connectivity index (χ1v) is 4.53. The molecular formula is C9H21NO. The minimum Gasteiger partial charge on any atom is -0.376 e. The van der Waals surface area contributed by atoms with Gasteiger partial charge in [0.05, 0.1) is 0 Å². The molecule has 11 heavy (non-hydrogen) atoms. The molecule has 0 aromatic carbocycles. The molecule has 1 atom stereocenters. The Labute approximate surface area is 70.0 Å². The second-order valence-electron chi connectivity index (χ2n) is 3.33. The highest BCUT2D eigenvalue weighted by Crippen LogP contribution is 2.11. The van der Waals surface area contributed by atoms with E-state index in [1.54, 1.807) is 7.05 Å². The van der Waals surface area contributed by atoms with Crippen LogP contribution < -0.4 is 5.32 Å². The summed E-state index contributed by atoms with van der Waals surface area (Å²) in [6.07, 6.45) is 5.72. The highest BCUT2D eigenvalue weighted by Gasteiger charge is 2.15. The van der Waals surface area contributed by atoms with Crippen molar-refractivity contribution in [2.75, 3.05) is 7.05 Å². The maximum Gasteiger partial charge on any atom is 0.112 e. The normalized spacial score (nSPS) is 16.4. The van der Waals surface area contributed by atoms with E-state index in [1.807, 2.05) is 6.92 Å². The summed E-state index contributed by atoms with van der Waals surface area (Å²) < 4.78 is 0. The molecule has 0 aromatic heterocycles. The molecule has 2 heteroatoms. The molecule has 0 aliphatic carbocycles. The Kier molecular flexibility index (Phi) is 5.51. The number of nitrogens with one attached hydrogen (secondary N) is 1. The van der Waals surface area contributed by atoms with E-state index in [0.29, 0.717) is 0 Å². The number of aliphatic hydroxyl groups is 1. The van der Waals surface area contributed by atoms with E-state index in [-0.39, 0.29) is 0 Å². The largest absolute Gasteiger partial charge is 0.376 e. The van der Waals surface area contributed by atoms with Gasteiger partial charge in [-0.25, -0.2) is 0 Å². The number of hydrogen-bond donors (Lipinski definition) is 2. The summed E-state index contributed by atoms with van der Waals surface area (Å²) in [7, 11) is 1.79. The Morgan fingerprint density at radius 1 is 1.27 bits per heavy atom. The van der Waals surface area contributed by atoms with E-state index in [2.05, 4.69) is 12.2 Å². The van der Waals surface area contributed by atoms with Gasteiger partial charge < -0.3 is 5.11 Å². The molecule has 2 N–H and O–H groups in total. The van der Waals surface area contributed by atoms with Gasteiger partial charge in [0.15, 0.2) is 0 Å². The third-order valence-electron chi connectivity index (χ3n) is 2.06. The maximum atomic E-state index is 9.51. The molecule has 0 heterocycles. The van der Waals surface area contributed by atoms with Gasteiger partial charge in [0.1, 0.15) is 5.72 Å². The van der Waals surface area contributed by atoms with E-state index in [1.165, 1.54) is 19.3 Å². The van der Waals surface area contributed by atoms with Crippen LogP contribution in [0.15, 0.2) is 0 Å². The van der Waals surface area contributed by atoms with Crippen LogP contribution in [-0.2, 0) is 0 Å². The van der Waals surface area contributed by atoms with Crippen molar-refractivity contribution in [3.63, 3.8) is 0 Å². The first kappa shape index (κ1) is 10.9. The molecule has 0 fully saturated rings. The van der Waals surface area contributed by atoms with Crippen molar-refractivity contribution in [1.29, 1.82) is 0 Å². The first-order chi connectivity index (χ1) is 5.12. The quantitative estimate of drug-likeness (QED) is 0.458. The topological polar surface area (TPSA) is 32.3 Å². The van der Waals surface area contributed by atoms with Gasteiger partial charge in [-0.1, -0.05) is 26.2 Å². The number of rotatable bonds is 6. The van der Waals surface area contributed by atoms with E-state index in [0.717, 1.165) is 12.8 Å². The third kappa shape index (κ3) is 6.32. The second-order valence-corrected chi connectivity index (χ2v) is 3.33. The van der Waals surface area contributed by atoms with Crippen LogP contribution in [0, 0.1) is 0 Å². The highest BCUT2D eigenvalue weighted by atomic mass is 16.3. The highest BCUT2D eigenvalue weighted by molar-refractivity contribution is 4.65. The van der Waals surface area contributed by atoms with E-state index >= 15 is 0 Å². The predicted molar refractivity (Wildman–Crippen MR) is 48.4 cm³/mol. The zero-order valence-corrected chi connectivity index (χ0v) is 7.98. The van der Waals surface area contributed by atoms with Gasteiger partial charge in [-0.2, -0.15) is 0 Å². The molecule has 0 amide bonds. The fourth-order valence-electron chi connectivity index (χ4n) is 1.02. The van der Waals surface area contributed by atoms with Crippen LogP contribution in [0.2, 0.25) is 0 Å². The minimum atomic E-state index is -0.659. The maximum absolute atomic E-state index is 9.51. The molecule has 0 bridgehead atoms. The van der Waals surface area contributed by atoms with Gasteiger partial charge in [-0.15, -0.1) is 0 Å². The van der Waals surface area contributed by atoms with Crippen molar-refractivity contribution in [3.05, 3.63) is 0 Å². The Bertz CT molecular complexity index is 91.6. The molecule has 0 saturated carbocycles. The van der Waals surface area contributed by atoms with Gasteiger partial charge in [-0.3, -0.25) is 5.32 Å². The average Bonchev–Trinajstić information content (AvgIpc) is 1.99. The Morgan fingerprint density at radius 3 is 2.36 bits per heavy atom. The summed E-state index contributed by atoms with van der Waals surface area (Å²) in [5, 5.41) is 12.4. The molecule has 0 rings (SSSR count). The molecule has 0 saturated heterocycles. The van der Waals surface area contributed by atoms with Crippen molar-refractivity contribution >= 4 is 0 Å². The Hall–Kier alpha value is -0.0800. The first-order valence-electron chi connectivity index (χ1n) is 4.53. The molecule has 0 aliphatic rings. The molecule has 68 valence electrons. The summed E-state index contributed by atoms with van der Waals surface area (Å²) in [6, 6.07) is 0. The lowest BCUT2D eigenvalue weighted by Crippen LogP contribution is -2.39.